The molecule has 20 heavy (non-hydrogen) atoms. The Morgan fingerprint density at radius 2 is 1.95 bits per heavy atom. The zero-order valence-corrected chi connectivity index (χ0v) is 11.1. The Bertz CT molecular complexity index is 677. The van der Waals surface area contributed by atoms with Crippen LogP contribution in [-0.2, 0) is 6.54 Å². The maximum atomic E-state index is 5.59. The van der Waals surface area contributed by atoms with Crippen molar-refractivity contribution in [1.29, 1.82) is 0 Å². The van der Waals surface area contributed by atoms with Gasteiger partial charge >= 0.3 is 0 Å². The molecule has 2 heterocycles. The zero-order valence-electron chi connectivity index (χ0n) is 11.1. The van der Waals surface area contributed by atoms with Crippen molar-refractivity contribution in [2.45, 2.75) is 13.5 Å². The highest BCUT2D eigenvalue weighted by Gasteiger charge is 2.07. The zero-order chi connectivity index (χ0) is 13.8. The van der Waals surface area contributed by atoms with Crippen LogP contribution in [0.4, 0.5) is 5.69 Å². The van der Waals surface area contributed by atoms with Gasteiger partial charge in [-0.2, -0.15) is 0 Å². The topological polar surface area (TPSA) is 63.8 Å². The lowest BCUT2D eigenvalue weighted by Crippen LogP contribution is -1.99. The van der Waals surface area contributed by atoms with Crippen molar-refractivity contribution in [2.75, 3.05) is 5.32 Å². The molecule has 1 aromatic carbocycles. The van der Waals surface area contributed by atoms with Crippen LogP contribution in [-0.4, -0.2) is 15.2 Å². The Morgan fingerprint density at radius 1 is 1.10 bits per heavy atom. The summed E-state index contributed by atoms with van der Waals surface area (Å²) in [6.07, 6.45) is 3.41. The molecule has 100 valence electrons. The van der Waals surface area contributed by atoms with Crippen LogP contribution in [0.15, 0.2) is 53.2 Å². The predicted molar refractivity (Wildman–Crippen MR) is 76.0 cm³/mol. The number of nitrogens with zero attached hydrogens (tertiary/aromatic N) is 3. The molecule has 3 aromatic rings. The van der Waals surface area contributed by atoms with Crippen LogP contribution in [0.25, 0.3) is 11.5 Å². The highest BCUT2D eigenvalue weighted by molar-refractivity contribution is 5.50. The van der Waals surface area contributed by atoms with Crippen molar-refractivity contribution in [2.24, 2.45) is 0 Å². The number of hydrogen-bond donors (Lipinski definition) is 1. The molecule has 5 heteroatoms. The van der Waals surface area contributed by atoms with Gasteiger partial charge in [0.15, 0.2) is 0 Å². The number of benzene rings is 1. The first-order valence-corrected chi connectivity index (χ1v) is 6.34. The summed E-state index contributed by atoms with van der Waals surface area (Å²) in [4.78, 5) is 4.03. The van der Waals surface area contributed by atoms with Crippen molar-refractivity contribution in [3.05, 3.63) is 60.2 Å². The normalized spacial score (nSPS) is 10.4. The Hall–Kier alpha value is -2.69. The van der Waals surface area contributed by atoms with Gasteiger partial charge in [-0.15, -0.1) is 10.2 Å². The van der Waals surface area contributed by atoms with E-state index in [1.165, 1.54) is 5.56 Å². The fraction of sp³-hybridized carbons (Fsp3) is 0.133. The van der Waals surface area contributed by atoms with Crippen LogP contribution < -0.4 is 5.32 Å². The highest BCUT2D eigenvalue weighted by atomic mass is 16.4. The summed E-state index contributed by atoms with van der Waals surface area (Å²) in [6, 6.07) is 11.9. The van der Waals surface area contributed by atoms with E-state index in [4.69, 9.17) is 4.42 Å². The number of aryl methyl sites for hydroxylation is 1. The molecule has 2 aromatic heterocycles. The lowest BCUT2D eigenvalue weighted by Gasteiger charge is -2.03. The van der Waals surface area contributed by atoms with Crippen molar-refractivity contribution < 1.29 is 4.42 Å². The molecule has 0 saturated carbocycles. The minimum absolute atomic E-state index is 0.485. The summed E-state index contributed by atoms with van der Waals surface area (Å²) < 4.78 is 5.59. The third-order valence-electron chi connectivity index (χ3n) is 2.87. The molecular formula is C15H14N4O. The van der Waals surface area contributed by atoms with Crippen LogP contribution in [0.2, 0.25) is 0 Å². The average Bonchev–Trinajstić information content (AvgIpc) is 2.97. The molecule has 1 N–H and O–H groups in total. The van der Waals surface area contributed by atoms with E-state index in [-0.39, 0.29) is 0 Å². The molecule has 0 saturated heterocycles. The molecular weight excluding hydrogens is 252 g/mol. The monoisotopic (exact) mass is 266 g/mol. The summed E-state index contributed by atoms with van der Waals surface area (Å²) in [5, 5.41) is 11.3. The van der Waals surface area contributed by atoms with Crippen molar-refractivity contribution in [3.8, 4) is 11.5 Å². The number of nitrogens with one attached hydrogen (secondary N) is 1. The summed E-state index contributed by atoms with van der Waals surface area (Å²) in [5.41, 5.74) is 3.07. The lowest BCUT2D eigenvalue weighted by molar-refractivity contribution is 0.515. The maximum Gasteiger partial charge on any atom is 0.249 e. The first-order chi connectivity index (χ1) is 9.81. The van der Waals surface area contributed by atoms with Gasteiger partial charge in [0.05, 0.1) is 12.1 Å². The third-order valence-corrected chi connectivity index (χ3v) is 2.87. The predicted octanol–water partition coefficient (Wildman–Crippen LogP) is 3.05. The number of anilines is 1. The molecule has 0 amide bonds. The van der Waals surface area contributed by atoms with E-state index >= 15 is 0 Å². The molecule has 0 aliphatic heterocycles. The number of pyridine rings is 1. The second kappa shape index (κ2) is 5.52. The number of hydrogen-bond acceptors (Lipinski definition) is 5. The lowest BCUT2D eigenvalue weighted by atomic mass is 10.2. The van der Waals surface area contributed by atoms with Gasteiger partial charge in [-0.25, -0.2) is 0 Å². The maximum absolute atomic E-state index is 5.59. The van der Waals surface area contributed by atoms with Crippen LogP contribution in [0.3, 0.4) is 0 Å². The van der Waals surface area contributed by atoms with Crippen LogP contribution in [0, 0.1) is 6.92 Å². The molecule has 0 fully saturated rings. The van der Waals surface area contributed by atoms with Gasteiger partial charge in [0.2, 0.25) is 11.8 Å². The number of rotatable bonds is 4. The Morgan fingerprint density at radius 3 is 2.70 bits per heavy atom. The minimum atomic E-state index is 0.485. The van der Waals surface area contributed by atoms with E-state index in [9.17, 15) is 0 Å². The van der Waals surface area contributed by atoms with Gasteiger partial charge in [-0.1, -0.05) is 17.7 Å². The smallest absolute Gasteiger partial charge is 0.249 e. The second-order valence-corrected chi connectivity index (χ2v) is 4.46. The van der Waals surface area contributed by atoms with Crippen molar-refractivity contribution in [1.82, 2.24) is 15.2 Å². The minimum Gasteiger partial charge on any atom is -0.419 e. The van der Waals surface area contributed by atoms with E-state index in [2.05, 4.69) is 39.6 Å². The summed E-state index contributed by atoms with van der Waals surface area (Å²) in [7, 11) is 0. The van der Waals surface area contributed by atoms with Gasteiger partial charge < -0.3 is 9.73 Å². The average molecular weight is 266 g/mol. The van der Waals surface area contributed by atoms with Gasteiger partial charge in [0, 0.05) is 18.1 Å². The van der Waals surface area contributed by atoms with Crippen molar-refractivity contribution in [3.63, 3.8) is 0 Å². The molecule has 0 bridgehead atoms. The fourth-order valence-corrected chi connectivity index (χ4v) is 1.78. The molecule has 0 spiro atoms. The third kappa shape index (κ3) is 2.83. The van der Waals surface area contributed by atoms with Gasteiger partial charge in [-0.05, 0) is 31.2 Å². The van der Waals surface area contributed by atoms with E-state index in [0.29, 0.717) is 18.3 Å². The van der Waals surface area contributed by atoms with E-state index in [1.807, 2.05) is 24.3 Å². The quantitative estimate of drug-likeness (QED) is 0.786. The van der Waals surface area contributed by atoms with Crippen LogP contribution >= 0.6 is 0 Å². The first-order valence-electron chi connectivity index (χ1n) is 6.34. The van der Waals surface area contributed by atoms with E-state index in [0.717, 1.165) is 11.3 Å². The molecule has 0 aliphatic rings. The van der Waals surface area contributed by atoms with E-state index in [1.54, 1.807) is 12.4 Å². The first kappa shape index (κ1) is 12.3. The Labute approximate surface area is 116 Å². The second-order valence-electron chi connectivity index (χ2n) is 4.46. The Kier molecular flexibility index (Phi) is 3.41. The fourth-order valence-electron chi connectivity index (χ4n) is 1.78. The molecule has 0 unspecified atom stereocenters. The summed E-state index contributed by atoms with van der Waals surface area (Å²) in [6.45, 7) is 2.55. The van der Waals surface area contributed by atoms with Crippen molar-refractivity contribution >= 4 is 5.69 Å². The SMILES string of the molecule is Cc1ccc(NCc2nnc(-c3cccnc3)o2)cc1. The van der Waals surface area contributed by atoms with Gasteiger partial charge in [0.25, 0.3) is 0 Å². The van der Waals surface area contributed by atoms with E-state index < -0.39 is 0 Å². The van der Waals surface area contributed by atoms with Crippen LogP contribution in [0.5, 0.6) is 0 Å². The number of aromatic nitrogens is 3. The molecule has 5 nitrogen and oxygen atoms in total. The Balaban J connectivity index is 1.67. The largest absolute Gasteiger partial charge is 0.419 e. The molecule has 0 aliphatic carbocycles. The van der Waals surface area contributed by atoms with Gasteiger partial charge in [0.1, 0.15) is 0 Å². The standard InChI is InChI=1S/C15H14N4O/c1-11-4-6-13(7-5-11)17-10-14-18-19-15(20-14)12-3-2-8-16-9-12/h2-9,17H,10H2,1H3. The molecule has 0 radical (unpaired) electrons. The summed E-state index contributed by atoms with van der Waals surface area (Å²) >= 11 is 0. The van der Waals surface area contributed by atoms with Crippen LogP contribution in [0.1, 0.15) is 11.5 Å². The van der Waals surface area contributed by atoms with Gasteiger partial charge in [-0.3, -0.25) is 4.98 Å². The highest BCUT2D eigenvalue weighted by Crippen LogP contribution is 2.16. The molecule has 3 rings (SSSR count). The molecule has 0 atom stereocenters. The summed E-state index contributed by atoms with van der Waals surface area (Å²) in [5.74, 6) is 1.03.